The molecule has 0 atom stereocenters. The van der Waals surface area contributed by atoms with Gasteiger partial charge in [-0.15, -0.1) is 0 Å². The molecule has 1 aliphatic rings. The number of nitrogens with zero attached hydrogens (tertiary/aromatic N) is 2. The molecule has 0 spiro atoms. The Morgan fingerprint density at radius 1 is 1.14 bits per heavy atom. The minimum Gasteiger partial charge on any atom is -0.397 e. The van der Waals surface area contributed by atoms with E-state index >= 15 is 0 Å². The van der Waals surface area contributed by atoms with Gasteiger partial charge in [-0.05, 0) is 18.2 Å². The third kappa shape index (κ3) is 3.59. The second-order valence-electron chi connectivity index (χ2n) is 4.92. The van der Waals surface area contributed by atoms with E-state index in [9.17, 15) is 21.6 Å². The summed E-state index contributed by atoms with van der Waals surface area (Å²) in [7, 11) is -3.24. The summed E-state index contributed by atoms with van der Waals surface area (Å²) < 4.78 is 61.9. The van der Waals surface area contributed by atoms with E-state index in [4.69, 9.17) is 5.73 Å². The van der Waals surface area contributed by atoms with E-state index < -0.39 is 21.8 Å². The van der Waals surface area contributed by atoms with Crippen LogP contribution in [0.15, 0.2) is 18.2 Å². The van der Waals surface area contributed by atoms with Crippen LogP contribution in [0.5, 0.6) is 0 Å². The van der Waals surface area contributed by atoms with E-state index in [2.05, 4.69) is 0 Å². The molecule has 1 fully saturated rings. The Kier molecular flexibility index (Phi) is 4.07. The van der Waals surface area contributed by atoms with Gasteiger partial charge in [-0.3, -0.25) is 0 Å². The van der Waals surface area contributed by atoms with Gasteiger partial charge in [0.15, 0.2) is 0 Å². The summed E-state index contributed by atoms with van der Waals surface area (Å²) in [5.41, 5.74) is 5.44. The molecule has 9 heteroatoms. The van der Waals surface area contributed by atoms with Crippen LogP contribution in [0, 0.1) is 0 Å². The fourth-order valence-corrected chi connectivity index (χ4v) is 3.11. The number of hydrogen-bond donors (Lipinski definition) is 1. The van der Waals surface area contributed by atoms with Gasteiger partial charge in [-0.2, -0.15) is 17.5 Å². The van der Waals surface area contributed by atoms with Crippen molar-refractivity contribution in [2.75, 3.05) is 43.1 Å². The van der Waals surface area contributed by atoms with Crippen LogP contribution in [0.4, 0.5) is 24.5 Å². The van der Waals surface area contributed by atoms with Gasteiger partial charge < -0.3 is 10.6 Å². The van der Waals surface area contributed by atoms with Crippen LogP contribution in [-0.2, 0) is 16.2 Å². The molecule has 1 heterocycles. The average molecular weight is 323 g/mol. The number of rotatable bonds is 2. The second-order valence-corrected chi connectivity index (χ2v) is 6.90. The molecule has 0 radical (unpaired) electrons. The van der Waals surface area contributed by atoms with E-state index in [0.717, 1.165) is 18.4 Å². The average Bonchev–Trinajstić information content (AvgIpc) is 2.36. The first-order valence-electron chi connectivity index (χ1n) is 6.26. The Morgan fingerprint density at radius 3 is 2.14 bits per heavy atom. The van der Waals surface area contributed by atoms with Gasteiger partial charge in [0.25, 0.3) is 0 Å². The molecule has 1 aliphatic heterocycles. The number of nitrogen functional groups attached to an aromatic ring is 1. The predicted molar refractivity (Wildman–Crippen MR) is 74.5 cm³/mol. The normalized spacial score (nSPS) is 18.0. The molecule has 0 saturated carbocycles. The van der Waals surface area contributed by atoms with E-state index in [-0.39, 0.29) is 5.69 Å². The zero-order valence-electron chi connectivity index (χ0n) is 11.4. The second kappa shape index (κ2) is 5.38. The summed E-state index contributed by atoms with van der Waals surface area (Å²) in [6, 6.07) is 3.21. The summed E-state index contributed by atoms with van der Waals surface area (Å²) in [5.74, 6) is 0. The Bertz CT molecular complexity index is 623. The first kappa shape index (κ1) is 15.9. The van der Waals surface area contributed by atoms with E-state index in [1.54, 1.807) is 4.90 Å². The number of hydrogen-bond acceptors (Lipinski definition) is 4. The summed E-state index contributed by atoms with van der Waals surface area (Å²) in [4.78, 5) is 1.79. The van der Waals surface area contributed by atoms with E-state index in [1.165, 1.54) is 10.4 Å². The SMILES string of the molecule is CS(=O)(=O)N1CCN(c2ccc(C(F)(F)F)cc2N)CC1. The molecule has 1 aromatic rings. The lowest BCUT2D eigenvalue weighted by atomic mass is 10.1. The predicted octanol–water partition coefficient (Wildman–Crippen LogP) is 1.37. The van der Waals surface area contributed by atoms with Gasteiger partial charge in [0.2, 0.25) is 10.0 Å². The smallest absolute Gasteiger partial charge is 0.397 e. The number of alkyl halides is 3. The van der Waals surface area contributed by atoms with Crippen molar-refractivity contribution < 1.29 is 21.6 Å². The minimum atomic E-state index is -4.43. The molecule has 0 amide bonds. The lowest BCUT2D eigenvalue weighted by Gasteiger charge is -2.35. The molecule has 1 aromatic carbocycles. The number of halogens is 3. The molecule has 2 rings (SSSR count). The van der Waals surface area contributed by atoms with Crippen LogP contribution in [0.1, 0.15) is 5.56 Å². The molecule has 1 saturated heterocycles. The maximum atomic E-state index is 12.6. The van der Waals surface area contributed by atoms with Gasteiger partial charge in [0.05, 0.1) is 23.2 Å². The van der Waals surface area contributed by atoms with Gasteiger partial charge in [-0.25, -0.2) is 8.42 Å². The molecule has 118 valence electrons. The van der Waals surface area contributed by atoms with Crippen LogP contribution < -0.4 is 10.6 Å². The third-order valence-corrected chi connectivity index (χ3v) is 4.71. The lowest BCUT2D eigenvalue weighted by Crippen LogP contribution is -2.48. The molecular weight excluding hydrogens is 307 g/mol. The van der Waals surface area contributed by atoms with Gasteiger partial charge in [-0.1, -0.05) is 0 Å². The maximum absolute atomic E-state index is 12.6. The molecule has 5 nitrogen and oxygen atoms in total. The van der Waals surface area contributed by atoms with Crippen molar-refractivity contribution in [3.63, 3.8) is 0 Å². The molecular formula is C12H16F3N3O2S. The van der Waals surface area contributed by atoms with Crippen molar-refractivity contribution in [3.05, 3.63) is 23.8 Å². The zero-order valence-corrected chi connectivity index (χ0v) is 12.2. The highest BCUT2D eigenvalue weighted by Crippen LogP contribution is 2.34. The highest BCUT2D eigenvalue weighted by molar-refractivity contribution is 7.88. The fraction of sp³-hybridized carbons (Fsp3) is 0.500. The highest BCUT2D eigenvalue weighted by Gasteiger charge is 2.31. The topological polar surface area (TPSA) is 66.6 Å². The summed E-state index contributed by atoms with van der Waals surface area (Å²) in [6.45, 7) is 1.36. The van der Waals surface area contributed by atoms with Gasteiger partial charge in [0, 0.05) is 26.2 Å². The number of nitrogens with two attached hydrogens (primary N) is 1. The van der Waals surface area contributed by atoms with Crippen LogP contribution in [0.25, 0.3) is 0 Å². The Balaban J connectivity index is 2.14. The quantitative estimate of drug-likeness (QED) is 0.835. The van der Waals surface area contributed by atoms with Crippen LogP contribution >= 0.6 is 0 Å². The van der Waals surface area contributed by atoms with Gasteiger partial charge in [0.1, 0.15) is 0 Å². The Hall–Kier alpha value is -1.48. The number of anilines is 2. The number of benzene rings is 1. The molecule has 21 heavy (non-hydrogen) atoms. The standard InChI is InChI=1S/C12H16F3N3O2S/c1-21(19,20)18-6-4-17(5-7-18)11-3-2-9(8-10(11)16)12(13,14)15/h2-3,8H,4-7,16H2,1H3. The largest absolute Gasteiger partial charge is 0.416 e. The first-order valence-corrected chi connectivity index (χ1v) is 8.10. The molecule has 2 N–H and O–H groups in total. The van der Waals surface area contributed by atoms with Gasteiger partial charge >= 0.3 is 6.18 Å². The third-order valence-electron chi connectivity index (χ3n) is 3.40. The summed E-state index contributed by atoms with van der Waals surface area (Å²) >= 11 is 0. The van der Waals surface area contributed by atoms with Crippen molar-refractivity contribution in [1.29, 1.82) is 0 Å². The van der Waals surface area contributed by atoms with Crippen LogP contribution in [-0.4, -0.2) is 45.2 Å². The van der Waals surface area contributed by atoms with Crippen molar-refractivity contribution in [1.82, 2.24) is 4.31 Å². The minimum absolute atomic E-state index is 0.0395. The molecule has 0 aromatic heterocycles. The van der Waals surface area contributed by atoms with Crippen molar-refractivity contribution in [2.24, 2.45) is 0 Å². The Labute approximate surface area is 121 Å². The van der Waals surface area contributed by atoms with Crippen molar-refractivity contribution in [3.8, 4) is 0 Å². The fourth-order valence-electron chi connectivity index (χ4n) is 2.28. The van der Waals surface area contributed by atoms with E-state index in [1.807, 2.05) is 0 Å². The monoisotopic (exact) mass is 323 g/mol. The Morgan fingerprint density at radius 2 is 1.71 bits per heavy atom. The first-order chi connectivity index (χ1) is 9.59. The number of sulfonamides is 1. The highest BCUT2D eigenvalue weighted by atomic mass is 32.2. The van der Waals surface area contributed by atoms with Crippen molar-refractivity contribution in [2.45, 2.75) is 6.18 Å². The maximum Gasteiger partial charge on any atom is 0.416 e. The molecule has 0 bridgehead atoms. The summed E-state index contributed by atoms with van der Waals surface area (Å²) in [6.07, 6.45) is -3.29. The van der Waals surface area contributed by atoms with Crippen LogP contribution in [0.2, 0.25) is 0 Å². The number of piperazine rings is 1. The molecule has 0 unspecified atom stereocenters. The summed E-state index contributed by atoms with van der Waals surface area (Å²) in [5, 5.41) is 0. The van der Waals surface area contributed by atoms with E-state index in [0.29, 0.717) is 31.9 Å². The molecule has 0 aliphatic carbocycles. The lowest BCUT2D eigenvalue weighted by molar-refractivity contribution is -0.137. The van der Waals surface area contributed by atoms with Crippen molar-refractivity contribution >= 4 is 21.4 Å². The van der Waals surface area contributed by atoms with Crippen LogP contribution in [0.3, 0.4) is 0 Å². The zero-order chi connectivity index (χ0) is 15.8.